The Morgan fingerprint density at radius 2 is 1.95 bits per heavy atom. The first-order valence-electron chi connectivity index (χ1n) is 5.86. The Balaban J connectivity index is 2.38. The van der Waals surface area contributed by atoms with E-state index in [0.29, 0.717) is 16.8 Å². The van der Waals surface area contributed by atoms with Crippen LogP contribution in [-0.4, -0.2) is 22.9 Å². The molecule has 1 aromatic heterocycles. The number of pyridine rings is 1. The molecule has 0 aliphatic carbocycles. The lowest BCUT2D eigenvalue weighted by Gasteiger charge is -2.20. The molecule has 1 heterocycles. The number of nitrogens with two attached hydrogens (primary N) is 1. The number of thiocarbonyl (C=S) groups is 1. The number of amides is 1. The van der Waals surface area contributed by atoms with Crippen LogP contribution in [0.1, 0.15) is 15.9 Å². The molecule has 0 saturated carbocycles. The number of rotatable bonds is 3. The molecule has 1 amide bonds. The highest BCUT2D eigenvalue weighted by Crippen LogP contribution is 2.20. The highest BCUT2D eigenvalue weighted by atomic mass is 32.1. The summed E-state index contributed by atoms with van der Waals surface area (Å²) >= 11 is 4.98. The molecule has 0 spiro atoms. The van der Waals surface area contributed by atoms with Crippen molar-refractivity contribution >= 4 is 28.8 Å². The van der Waals surface area contributed by atoms with Gasteiger partial charge < -0.3 is 15.6 Å². The van der Waals surface area contributed by atoms with Gasteiger partial charge in [0, 0.05) is 24.9 Å². The van der Waals surface area contributed by atoms with Crippen molar-refractivity contribution in [3.63, 3.8) is 0 Å². The molecule has 102 valence electrons. The zero-order valence-electron chi connectivity index (χ0n) is 10.8. The van der Waals surface area contributed by atoms with E-state index in [1.165, 1.54) is 23.2 Å². The van der Waals surface area contributed by atoms with Crippen molar-refractivity contribution in [3.8, 4) is 0 Å². The van der Waals surface area contributed by atoms with Crippen LogP contribution in [0.15, 0.2) is 47.4 Å². The van der Waals surface area contributed by atoms with E-state index in [1.54, 1.807) is 31.3 Å². The first-order chi connectivity index (χ1) is 9.50. The third kappa shape index (κ3) is 2.75. The predicted octanol–water partition coefficient (Wildman–Crippen LogP) is 1.29. The number of aromatic amines is 1. The van der Waals surface area contributed by atoms with E-state index < -0.39 is 0 Å². The molecule has 0 saturated heterocycles. The van der Waals surface area contributed by atoms with Crippen LogP contribution in [-0.2, 0) is 0 Å². The fraction of sp³-hybridized carbons (Fsp3) is 0.0714. The standard InChI is InChI=1S/C14H13N3O2S/c1-17(11-5-3-2-4-10(11)13(15)20)14(19)9-6-7-12(18)16-8-9/h2-8H,1H3,(H2,15,20)(H,16,18). The molecule has 2 aromatic rings. The minimum atomic E-state index is -0.259. The predicted molar refractivity (Wildman–Crippen MR) is 82.1 cm³/mol. The van der Waals surface area contributed by atoms with Crippen LogP contribution < -0.4 is 16.2 Å². The number of anilines is 1. The highest BCUT2D eigenvalue weighted by Gasteiger charge is 2.17. The molecule has 0 unspecified atom stereocenters. The van der Waals surface area contributed by atoms with E-state index in [0.717, 1.165) is 0 Å². The Morgan fingerprint density at radius 1 is 1.25 bits per heavy atom. The number of carbonyl (C=O) groups is 1. The monoisotopic (exact) mass is 287 g/mol. The van der Waals surface area contributed by atoms with Crippen LogP contribution in [0.3, 0.4) is 0 Å². The molecular weight excluding hydrogens is 274 g/mol. The second-order valence-electron chi connectivity index (χ2n) is 4.19. The van der Waals surface area contributed by atoms with Gasteiger partial charge in [-0.2, -0.15) is 0 Å². The number of H-pyrrole nitrogens is 1. The minimum absolute atomic E-state index is 0.224. The summed E-state index contributed by atoms with van der Waals surface area (Å²) in [5.41, 5.74) is 7.03. The number of benzene rings is 1. The molecule has 0 atom stereocenters. The van der Waals surface area contributed by atoms with Gasteiger partial charge >= 0.3 is 0 Å². The van der Waals surface area contributed by atoms with Crippen molar-refractivity contribution < 1.29 is 4.79 Å². The second-order valence-corrected chi connectivity index (χ2v) is 4.63. The first-order valence-corrected chi connectivity index (χ1v) is 6.27. The number of hydrogen-bond donors (Lipinski definition) is 2. The number of carbonyl (C=O) groups excluding carboxylic acids is 1. The van der Waals surface area contributed by atoms with Gasteiger partial charge in [0.2, 0.25) is 5.56 Å². The summed E-state index contributed by atoms with van der Waals surface area (Å²) in [6, 6.07) is 9.90. The van der Waals surface area contributed by atoms with Gasteiger partial charge in [0.05, 0.1) is 11.3 Å². The number of nitrogens with zero attached hydrogens (tertiary/aromatic N) is 1. The summed E-state index contributed by atoms with van der Waals surface area (Å²) in [6.45, 7) is 0. The van der Waals surface area contributed by atoms with Gasteiger partial charge in [-0.25, -0.2) is 0 Å². The summed E-state index contributed by atoms with van der Waals surface area (Å²) in [7, 11) is 1.63. The number of aromatic nitrogens is 1. The maximum atomic E-state index is 12.4. The van der Waals surface area contributed by atoms with Crippen molar-refractivity contribution in [1.82, 2.24) is 4.98 Å². The molecule has 0 bridgehead atoms. The lowest BCUT2D eigenvalue weighted by Crippen LogP contribution is -2.29. The van der Waals surface area contributed by atoms with Gasteiger partial charge in [-0.05, 0) is 18.2 Å². The smallest absolute Gasteiger partial charge is 0.259 e. The van der Waals surface area contributed by atoms with Crippen molar-refractivity contribution in [2.45, 2.75) is 0 Å². The van der Waals surface area contributed by atoms with Gasteiger partial charge in [0.25, 0.3) is 5.91 Å². The summed E-state index contributed by atoms with van der Waals surface area (Å²) in [6.07, 6.45) is 1.38. The van der Waals surface area contributed by atoms with Gasteiger partial charge in [-0.3, -0.25) is 9.59 Å². The van der Waals surface area contributed by atoms with E-state index in [4.69, 9.17) is 18.0 Å². The SMILES string of the molecule is CN(C(=O)c1ccc(=O)[nH]c1)c1ccccc1C(N)=S. The number of para-hydroxylation sites is 1. The number of hydrogen-bond acceptors (Lipinski definition) is 3. The van der Waals surface area contributed by atoms with Gasteiger partial charge in [0.1, 0.15) is 4.99 Å². The molecule has 0 fully saturated rings. The van der Waals surface area contributed by atoms with E-state index in [9.17, 15) is 9.59 Å². The van der Waals surface area contributed by atoms with Crippen LogP contribution in [0, 0.1) is 0 Å². The van der Waals surface area contributed by atoms with E-state index in [-0.39, 0.29) is 16.5 Å². The third-order valence-corrected chi connectivity index (χ3v) is 3.09. The van der Waals surface area contributed by atoms with E-state index in [2.05, 4.69) is 4.98 Å². The molecule has 0 radical (unpaired) electrons. The zero-order valence-corrected chi connectivity index (χ0v) is 11.6. The van der Waals surface area contributed by atoms with Crippen LogP contribution in [0.25, 0.3) is 0 Å². The quantitative estimate of drug-likeness (QED) is 0.834. The average molecular weight is 287 g/mol. The van der Waals surface area contributed by atoms with Crippen LogP contribution in [0.5, 0.6) is 0 Å². The Bertz CT molecular complexity index is 704. The Labute approximate surface area is 121 Å². The summed E-state index contributed by atoms with van der Waals surface area (Å²) in [5, 5.41) is 0. The van der Waals surface area contributed by atoms with Gasteiger partial charge in [0.15, 0.2) is 0 Å². The maximum Gasteiger partial charge on any atom is 0.259 e. The normalized spacial score (nSPS) is 10.1. The highest BCUT2D eigenvalue weighted by molar-refractivity contribution is 7.80. The Morgan fingerprint density at radius 3 is 2.55 bits per heavy atom. The Kier molecular flexibility index (Phi) is 3.95. The van der Waals surface area contributed by atoms with E-state index >= 15 is 0 Å². The maximum absolute atomic E-state index is 12.4. The summed E-state index contributed by atoms with van der Waals surface area (Å²) in [4.78, 5) is 27.5. The zero-order chi connectivity index (χ0) is 14.7. The largest absolute Gasteiger partial charge is 0.389 e. The van der Waals surface area contributed by atoms with Crippen molar-refractivity contribution in [2.75, 3.05) is 11.9 Å². The molecule has 6 heteroatoms. The molecule has 20 heavy (non-hydrogen) atoms. The lowest BCUT2D eigenvalue weighted by atomic mass is 10.1. The van der Waals surface area contributed by atoms with Crippen molar-refractivity contribution in [3.05, 3.63) is 64.1 Å². The molecule has 1 aromatic carbocycles. The lowest BCUT2D eigenvalue weighted by molar-refractivity contribution is 0.0992. The molecule has 5 nitrogen and oxygen atoms in total. The first kappa shape index (κ1) is 14.0. The minimum Gasteiger partial charge on any atom is -0.389 e. The van der Waals surface area contributed by atoms with E-state index in [1.807, 2.05) is 0 Å². The van der Waals surface area contributed by atoms with Crippen molar-refractivity contribution in [1.29, 1.82) is 0 Å². The molecule has 3 N–H and O–H groups in total. The van der Waals surface area contributed by atoms with Crippen LogP contribution in [0.2, 0.25) is 0 Å². The molecular formula is C14H13N3O2S. The fourth-order valence-corrected chi connectivity index (χ4v) is 1.99. The van der Waals surface area contributed by atoms with Gasteiger partial charge in [-0.15, -0.1) is 0 Å². The average Bonchev–Trinajstić information content (AvgIpc) is 2.46. The van der Waals surface area contributed by atoms with Gasteiger partial charge in [-0.1, -0.05) is 24.4 Å². The summed E-state index contributed by atoms with van der Waals surface area (Å²) < 4.78 is 0. The molecule has 0 aliphatic heterocycles. The Hall–Kier alpha value is -2.47. The van der Waals surface area contributed by atoms with Crippen LogP contribution >= 0.6 is 12.2 Å². The summed E-state index contributed by atoms with van der Waals surface area (Å²) in [5.74, 6) is -0.259. The van der Waals surface area contributed by atoms with Crippen molar-refractivity contribution in [2.24, 2.45) is 5.73 Å². The topological polar surface area (TPSA) is 79.2 Å². The fourth-order valence-electron chi connectivity index (χ4n) is 1.82. The third-order valence-electron chi connectivity index (χ3n) is 2.87. The second kappa shape index (κ2) is 5.66. The molecule has 2 rings (SSSR count). The number of nitrogens with one attached hydrogen (secondary N) is 1. The molecule has 0 aliphatic rings. The van der Waals surface area contributed by atoms with Crippen LogP contribution in [0.4, 0.5) is 5.69 Å².